The first-order valence-electron chi connectivity index (χ1n) is 8.52. The number of aliphatic hydroxyl groups excluding tert-OH is 2. The highest BCUT2D eigenvalue weighted by Gasteiger charge is 2.16. The van der Waals surface area contributed by atoms with Crippen molar-refractivity contribution in [3.63, 3.8) is 0 Å². The first kappa shape index (κ1) is 18.4. The van der Waals surface area contributed by atoms with Crippen LogP contribution in [0.2, 0.25) is 0 Å². The predicted molar refractivity (Wildman–Crippen MR) is 91.2 cm³/mol. The normalized spacial score (nSPS) is 12.8. The van der Waals surface area contributed by atoms with Crippen molar-refractivity contribution < 1.29 is 10.2 Å². The summed E-state index contributed by atoms with van der Waals surface area (Å²) in [6.45, 7) is 5.02. The summed E-state index contributed by atoms with van der Waals surface area (Å²) in [6, 6.07) is 0. The summed E-state index contributed by atoms with van der Waals surface area (Å²) in [4.78, 5) is 29.6. The molecule has 0 aliphatic heterocycles. The quantitative estimate of drug-likeness (QED) is 0.641. The van der Waals surface area contributed by atoms with Gasteiger partial charge in [0, 0.05) is 19.6 Å². The fourth-order valence-corrected chi connectivity index (χ4v) is 2.87. The van der Waals surface area contributed by atoms with Crippen molar-refractivity contribution in [2.45, 2.75) is 65.3 Å². The van der Waals surface area contributed by atoms with Crippen LogP contribution in [0, 0.1) is 0 Å². The molecule has 0 aliphatic carbocycles. The maximum absolute atomic E-state index is 12.8. The van der Waals surface area contributed by atoms with Crippen molar-refractivity contribution in [1.82, 2.24) is 18.7 Å². The Bertz CT molecular complexity index is 790. The standard InChI is InChI=1S/C16H26N4O4/c1-3-8-18-11-17-14-13(18)15(23)20(16(24)19(14)4-2)9-6-5-7-12(22)10-21/h11-12,21-22H,3-10H2,1-2H3. The van der Waals surface area contributed by atoms with Crippen LogP contribution in [0.1, 0.15) is 39.5 Å². The van der Waals surface area contributed by atoms with E-state index in [0.717, 1.165) is 6.42 Å². The molecule has 0 aromatic carbocycles. The monoisotopic (exact) mass is 338 g/mol. The minimum atomic E-state index is -0.748. The molecule has 0 saturated carbocycles. The first-order chi connectivity index (χ1) is 11.5. The van der Waals surface area contributed by atoms with Crippen molar-refractivity contribution in [3.05, 3.63) is 27.2 Å². The van der Waals surface area contributed by atoms with Gasteiger partial charge in [-0.15, -0.1) is 0 Å². The third-order valence-electron chi connectivity index (χ3n) is 4.14. The third-order valence-corrected chi connectivity index (χ3v) is 4.14. The van der Waals surface area contributed by atoms with Gasteiger partial charge in [-0.25, -0.2) is 9.78 Å². The Morgan fingerprint density at radius 3 is 2.54 bits per heavy atom. The van der Waals surface area contributed by atoms with Gasteiger partial charge in [-0.1, -0.05) is 6.92 Å². The fraction of sp³-hybridized carbons (Fsp3) is 0.688. The first-order valence-corrected chi connectivity index (χ1v) is 8.52. The molecule has 2 aromatic heterocycles. The molecule has 0 bridgehead atoms. The number of aliphatic hydroxyl groups is 2. The molecule has 2 N–H and O–H groups in total. The summed E-state index contributed by atoms with van der Waals surface area (Å²) >= 11 is 0. The number of nitrogens with zero attached hydrogens (tertiary/aromatic N) is 4. The van der Waals surface area contributed by atoms with Crippen molar-refractivity contribution in [1.29, 1.82) is 0 Å². The largest absolute Gasteiger partial charge is 0.394 e. The van der Waals surface area contributed by atoms with E-state index in [4.69, 9.17) is 5.11 Å². The van der Waals surface area contributed by atoms with Crippen LogP contribution in [0.15, 0.2) is 15.9 Å². The molecule has 2 rings (SSSR count). The van der Waals surface area contributed by atoms with E-state index >= 15 is 0 Å². The van der Waals surface area contributed by atoms with Gasteiger partial charge >= 0.3 is 5.69 Å². The van der Waals surface area contributed by atoms with Crippen molar-refractivity contribution >= 4 is 11.2 Å². The van der Waals surface area contributed by atoms with Crippen LogP contribution in [0.4, 0.5) is 0 Å². The number of hydrogen-bond donors (Lipinski definition) is 2. The van der Waals surface area contributed by atoms with Crippen LogP contribution in [0.3, 0.4) is 0 Å². The molecular formula is C16H26N4O4. The van der Waals surface area contributed by atoms with E-state index in [0.29, 0.717) is 50.1 Å². The molecule has 1 atom stereocenters. The zero-order chi connectivity index (χ0) is 17.7. The molecular weight excluding hydrogens is 312 g/mol. The van der Waals surface area contributed by atoms with Gasteiger partial charge in [-0.2, -0.15) is 0 Å². The minimum absolute atomic E-state index is 0.273. The second kappa shape index (κ2) is 8.25. The number of rotatable bonds is 9. The highest BCUT2D eigenvalue weighted by molar-refractivity contribution is 5.70. The number of aryl methyl sites for hydroxylation is 2. The van der Waals surface area contributed by atoms with Crippen LogP contribution in [0.25, 0.3) is 11.2 Å². The molecule has 8 nitrogen and oxygen atoms in total. The van der Waals surface area contributed by atoms with Gasteiger partial charge in [0.2, 0.25) is 0 Å². The molecule has 0 fully saturated rings. The Morgan fingerprint density at radius 2 is 1.92 bits per heavy atom. The lowest BCUT2D eigenvalue weighted by Crippen LogP contribution is -2.40. The van der Waals surface area contributed by atoms with Crippen molar-refractivity contribution in [2.75, 3.05) is 6.61 Å². The Morgan fingerprint density at radius 1 is 1.17 bits per heavy atom. The number of unbranched alkanes of at least 4 members (excludes halogenated alkanes) is 1. The number of hydrogen-bond acceptors (Lipinski definition) is 5. The van der Waals surface area contributed by atoms with E-state index in [1.54, 1.807) is 10.9 Å². The lowest BCUT2D eigenvalue weighted by molar-refractivity contribution is 0.0858. The van der Waals surface area contributed by atoms with E-state index in [9.17, 15) is 14.7 Å². The van der Waals surface area contributed by atoms with Gasteiger partial charge in [-0.05, 0) is 32.6 Å². The van der Waals surface area contributed by atoms with Gasteiger partial charge in [0.25, 0.3) is 5.56 Å². The third kappa shape index (κ3) is 3.59. The Balaban J connectivity index is 2.36. The van der Waals surface area contributed by atoms with E-state index in [1.807, 2.05) is 13.8 Å². The van der Waals surface area contributed by atoms with Gasteiger partial charge in [0.05, 0.1) is 19.0 Å². The molecule has 0 amide bonds. The molecule has 0 spiro atoms. The van der Waals surface area contributed by atoms with Gasteiger partial charge in [-0.3, -0.25) is 13.9 Å². The summed E-state index contributed by atoms with van der Waals surface area (Å²) in [7, 11) is 0. The summed E-state index contributed by atoms with van der Waals surface area (Å²) in [5.74, 6) is 0. The van der Waals surface area contributed by atoms with Crippen LogP contribution in [0.5, 0.6) is 0 Å². The predicted octanol–water partition coefficient (Wildman–Crippen LogP) is 0.313. The van der Waals surface area contributed by atoms with E-state index < -0.39 is 6.10 Å². The fourth-order valence-electron chi connectivity index (χ4n) is 2.87. The smallest absolute Gasteiger partial charge is 0.332 e. The molecule has 2 heterocycles. The van der Waals surface area contributed by atoms with Gasteiger partial charge in [0.15, 0.2) is 11.2 Å². The Labute approximate surface area is 140 Å². The Kier molecular flexibility index (Phi) is 6.33. The van der Waals surface area contributed by atoms with E-state index in [1.165, 1.54) is 9.13 Å². The van der Waals surface area contributed by atoms with E-state index in [2.05, 4.69) is 4.98 Å². The van der Waals surface area contributed by atoms with Crippen LogP contribution in [-0.4, -0.2) is 41.6 Å². The average Bonchev–Trinajstić information content (AvgIpc) is 2.98. The highest BCUT2D eigenvalue weighted by atomic mass is 16.3. The summed E-state index contributed by atoms with van der Waals surface area (Å²) in [5.41, 5.74) is 0.245. The molecule has 0 aliphatic rings. The molecule has 134 valence electrons. The molecule has 2 aromatic rings. The lowest BCUT2D eigenvalue weighted by atomic mass is 10.1. The molecule has 0 saturated heterocycles. The SMILES string of the molecule is CCCn1cnc2c1c(=O)n(CCCCC(O)CO)c(=O)n2CC. The zero-order valence-electron chi connectivity index (χ0n) is 14.3. The molecule has 1 unspecified atom stereocenters. The number of imidazole rings is 1. The maximum Gasteiger partial charge on any atom is 0.332 e. The van der Waals surface area contributed by atoms with Gasteiger partial charge in [0.1, 0.15) is 0 Å². The Hall–Kier alpha value is -1.93. The zero-order valence-corrected chi connectivity index (χ0v) is 14.3. The van der Waals surface area contributed by atoms with Crippen molar-refractivity contribution in [2.24, 2.45) is 0 Å². The number of fused-ring (bicyclic) bond motifs is 1. The summed E-state index contributed by atoms with van der Waals surface area (Å²) in [5, 5.41) is 18.2. The topological polar surface area (TPSA) is 102 Å². The highest BCUT2D eigenvalue weighted by Crippen LogP contribution is 2.08. The van der Waals surface area contributed by atoms with Crippen LogP contribution in [-0.2, 0) is 19.6 Å². The molecule has 0 radical (unpaired) electrons. The summed E-state index contributed by atoms with van der Waals surface area (Å²) in [6.07, 6.45) is 3.40. The van der Waals surface area contributed by atoms with Crippen LogP contribution < -0.4 is 11.2 Å². The molecule has 24 heavy (non-hydrogen) atoms. The average molecular weight is 338 g/mol. The second-order valence-electron chi connectivity index (χ2n) is 5.93. The van der Waals surface area contributed by atoms with Crippen molar-refractivity contribution in [3.8, 4) is 0 Å². The van der Waals surface area contributed by atoms with E-state index in [-0.39, 0.29) is 17.9 Å². The maximum atomic E-state index is 12.8. The van der Waals surface area contributed by atoms with Gasteiger partial charge < -0.3 is 14.8 Å². The lowest BCUT2D eigenvalue weighted by Gasteiger charge is -2.11. The second-order valence-corrected chi connectivity index (χ2v) is 5.93. The minimum Gasteiger partial charge on any atom is -0.394 e. The summed E-state index contributed by atoms with van der Waals surface area (Å²) < 4.78 is 4.58. The molecule has 8 heteroatoms. The van der Waals surface area contributed by atoms with Crippen LogP contribution >= 0.6 is 0 Å². The number of aromatic nitrogens is 4.